The molecule has 0 saturated heterocycles. The van der Waals surface area contributed by atoms with Crippen LogP contribution in [0, 0.1) is 5.82 Å². The van der Waals surface area contributed by atoms with Crippen LogP contribution in [0.25, 0.3) is 11.0 Å². The quantitative estimate of drug-likeness (QED) is 0.792. The van der Waals surface area contributed by atoms with Crippen molar-refractivity contribution in [3.8, 4) is 5.75 Å². The first-order valence-electron chi connectivity index (χ1n) is 6.74. The maximum absolute atomic E-state index is 13.7. The molecule has 3 aromatic rings. The highest BCUT2D eigenvalue weighted by Gasteiger charge is 2.16. The summed E-state index contributed by atoms with van der Waals surface area (Å²) in [6.45, 7) is 0. The van der Waals surface area contributed by atoms with Gasteiger partial charge >= 0.3 is 0 Å². The van der Waals surface area contributed by atoms with Crippen LogP contribution in [0.2, 0.25) is 0 Å². The molecule has 2 aromatic carbocycles. The van der Waals surface area contributed by atoms with Crippen molar-refractivity contribution < 1.29 is 13.5 Å². The van der Waals surface area contributed by atoms with E-state index in [-0.39, 0.29) is 17.4 Å². The van der Waals surface area contributed by atoms with Crippen LogP contribution in [0.4, 0.5) is 4.39 Å². The van der Waals surface area contributed by atoms with Crippen LogP contribution in [0.3, 0.4) is 0 Å². The summed E-state index contributed by atoms with van der Waals surface area (Å²) < 4.78 is 24.5. The van der Waals surface area contributed by atoms with Crippen LogP contribution < -0.4 is 10.5 Å². The lowest BCUT2D eigenvalue weighted by Crippen LogP contribution is -2.13. The molecule has 1 aromatic heterocycles. The van der Waals surface area contributed by atoms with Gasteiger partial charge in [0.1, 0.15) is 11.5 Å². The van der Waals surface area contributed by atoms with Gasteiger partial charge in [0, 0.05) is 5.39 Å². The van der Waals surface area contributed by atoms with Gasteiger partial charge in [0.2, 0.25) is 0 Å². The molecule has 21 heavy (non-hydrogen) atoms. The Morgan fingerprint density at radius 1 is 1.19 bits per heavy atom. The SMILES string of the molecule is COc1ccccc1CC(N)c1cc2cccc(F)c2o1. The second kappa shape index (κ2) is 5.58. The third-order valence-corrected chi connectivity index (χ3v) is 3.51. The predicted molar refractivity (Wildman–Crippen MR) is 79.8 cm³/mol. The Morgan fingerprint density at radius 2 is 2.00 bits per heavy atom. The minimum atomic E-state index is -0.372. The molecule has 1 heterocycles. The third kappa shape index (κ3) is 2.62. The van der Waals surface area contributed by atoms with Crippen molar-refractivity contribution in [3.63, 3.8) is 0 Å². The summed E-state index contributed by atoms with van der Waals surface area (Å²) in [4.78, 5) is 0. The Morgan fingerprint density at radius 3 is 2.76 bits per heavy atom. The van der Waals surface area contributed by atoms with Gasteiger partial charge in [0.25, 0.3) is 0 Å². The summed E-state index contributed by atoms with van der Waals surface area (Å²) >= 11 is 0. The molecule has 1 unspecified atom stereocenters. The molecular formula is C17H16FNO2. The average molecular weight is 285 g/mol. The molecule has 4 heteroatoms. The standard InChI is InChI=1S/C17H16FNO2/c1-20-15-8-3-2-5-11(15)9-14(19)16-10-12-6-4-7-13(18)17(12)21-16/h2-8,10,14H,9,19H2,1H3. The van der Waals surface area contributed by atoms with Crippen molar-refractivity contribution in [1.29, 1.82) is 0 Å². The Hall–Kier alpha value is -2.33. The van der Waals surface area contributed by atoms with Gasteiger partial charge in [0.05, 0.1) is 13.2 Å². The fourth-order valence-electron chi connectivity index (χ4n) is 2.44. The smallest absolute Gasteiger partial charge is 0.169 e. The van der Waals surface area contributed by atoms with Crippen LogP contribution in [0.5, 0.6) is 5.75 Å². The molecule has 0 saturated carbocycles. The summed E-state index contributed by atoms with van der Waals surface area (Å²) in [5, 5.41) is 0.723. The Kier molecular flexibility index (Phi) is 3.62. The van der Waals surface area contributed by atoms with Crippen molar-refractivity contribution >= 4 is 11.0 Å². The van der Waals surface area contributed by atoms with E-state index >= 15 is 0 Å². The molecule has 3 rings (SSSR count). The normalized spacial score (nSPS) is 12.5. The maximum atomic E-state index is 13.7. The summed E-state index contributed by atoms with van der Waals surface area (Å²) in [6.07, 6.45) is 0.561. The number of furan rings is 1. The highest BCUT2D eigenvalue weighted by molar-refractivity contribution is 5.78. The molecule has 108 valence electrons. The van der Waals surface area contributed by atoms with Crippen LogP contribution in [-0.2, 0) is 6.42 Å². The zero-order chi connectivity index (χ0) is 14.8. The predicted octanol–water partition coefficient (Wildman–Crippen LogP) is 3.82. The van der Waals surface area contributed by atoms with Crippen molar-refractivity contribution in [2.45, 2.75) is 12.5 Å². The molecule has 2 N–H and O–H groups in total. The molecule has 0 aliphatic rings. The van der Waals surface area contributed by atoms with E-state index in [2.05, 4.69) is 0 Å². The van der Waals surface area contributed by atoms with E-state index < -0.39 is 0 Å². The Bertz CT molecular complexity index is 766. The lowest BCUT2D eigenvalue weighted by Gasteiger charge is -2.12. The van der Waals surface area contributed by atoms with E-state index in [9.17, 15) is 4.39 Å². The van der Waals surface area contributed by atoms with E-state index in [4.69, 9.17) is 14.9 Å². The van der Waals surface area contributed by atoms with Crippen molar-refractivity contribution in [2.75, 3.05) is 7.11 Å². The first kappa shape index (κ1) is 13.6. The summed E-state index contributed by atoms with van der Waals surface area (Å²) in [5.41, 5.74) is 7.44. The van der Waals surface area contributed by atoms with Crippen molar-refractivity contribution in [2.24, 2.45) is 5.73 Å². The van der Waals surface area contributed by atoms with Gasteiger partial charge in [0.15, 0.2) is 11.4 Å². The molecule has 0 amide bonds. The van der Waals surface area contributed by atoms with Crippen molar-refractivity contribution in [1.82, 2.24) is 0 Å². The minimum Gasteiger partial charge on any atom is -0.496 e. The molecule has 0 bridgehead atoms. The molecule has 3 nitrogen and oxygen atoms in total. The van der Waals surface area contributed by atoms with Crippen LogP contribution in [-0.4, -0.2) is 7.11 Å². The first-order valence-corrected chi connectivity index (χ1v) is 6.74. The van der Waals surface area contributed by atoms with E-state index in [1.54, 1.807) is 25.3 Å². The number of hydrogen-bond donors (Lipinski definition) is 1. The van der Waals surface area contributed by atoms with Gasteiger partial charge in [-0.15, -0.1) is 0 Å². The number of benzene rings is 2. The van der Waals surface area contributed by atoms with Crippen LogP contribution >= 0.6 is 0 Å². The van der Waals surface area contributed by atoms with Gasteiger partial charge in [-0.05, 0) is 30.2 Å². The minimum absolute atomic E-state index is 0.253. The van der Waals surface area contributed by atoms with Crippen LogP contribution in [0.1, 0.15) is 17.4 Å². The molecule has 0 aliphatic carbocycles. The van der Waals surface area contributed by atoms with Gasteiger partial charge in [-0.25, -0.2) is 4.39 Å². The van der Waals surface area contributed by atoms with Gasteiger partial charge in [-0.3, -0.25) is 0 Å². The lowest BCUT2D eigenvalue weighted by atomic mass is 10.0. The number of para-hydroxylation sites is 2. The van der Waals surface area contributed by atoms with Crippen molar-refractivity contribution in [3.05, 3.63) is 65.7 Å². The largest absolute Gasteiger partial charge is 0.496 e. The monoisotopic (exact) mass is 285 g/mol. The molecule has 0 radical (unpaired) electrons. The lowest BCUT2D eigenvalue weighted by molar-refractivity contribution is 0.405. The number of ether oxygens (including phenoxy) is 1. The van der Waals surface area contributed by atoms with Crippen LogP contribution in [0.15, 0.2) is 52.9 Å². The number of rotatable bonds is 4. The highest BCUT2D eigenvalue weighted by Crippen LogP contribution is 2.28. The average Bonchev–Trinajstić information content (AvgIpc) is 2.93. The second-order valence-corrected chi connectivity index (χ2v) is 4.93. The summed E-state index contributed by atoms with van der Waals surface area (Å²) in [5.74, 6) is 0.986. The number of hydrogen-bond acceptors (Lipinski definition) is 3. The van der Waals surface area contributed by atoms with E-state index in [0.717, 1.165) is 16.7 Å². The van der Waals surface area contributed by atoms with Gasteiger partial charge < -0.3 is 14.9 Å². The number of methoxy groups -OCH3 is 1. The zero-order valence-electron chi connectivity index (χ0n) is 11.7. The van der Waals surface area contributed by atoms with Gasteiger partial charge in [-0.2, -0.15) is 0 Å². The van der Waals surface area contributed by atoms with E-state index in [1.807, 2.05) is 24.3 Å². The highest BCUT2D eigenvalue weighted by atomic mass is 19.1. The number of fused-ring (bicyclic) bond motifs is 1. The zero-order valence-corrected chi connectivity index (χ0v) is 11.7. The maximum Gasteiger partial charge on any atom is 0.169 e. The summed E-state index contributed by atoms with van der Waals surface area (Å²) in [7, 11) is 1.63. The van der Waals surface area contributed by atoms with E-state index in [0.29, 0.717) is 12.2 Å². The number of halogens is 1. The second-order valence-electron chi connectivity index (χ2n) is 4.93. The molecule has 0 fully saturated rings. The third-order valence-electron chi connectivity index (χ3n) is 3.51. The Balaban J connectivity index is 1.90. The summed E-state index contributed by atoms with van der Waals surface area (Å²) in [6, 6.07) is 14.0. The fourth-order valence-corrected chi connectivity index (χ4v) is 2.44. The molecule has 1 atom stereocenters. The Labute approximate surface area is 122 Å². The topological polar surface area (TPSA) is 48.4 Å². The molecular weight excluding hydrogens is 269 g/mol. The van der Waals surface area contributed by atoms with Gasteiger partial charge in [-0.1, -0.05) is 30.3 Å². The molecule has 0 spiro atoms. The fraction of sp³-hybridized carbons (Fsp3) is 0.176. The van der Waals surface area contributed by atoms with E-state index in [1.165, 1.54) is 6.07 Å². The first-order chi connectivity index (χ1) is 10.2. The number of nitrogens with two attached hydrogens (primary N) is 1. The molecule has 0 aliphatic heterocycles.